The summed E-state index contributed by atoms with van der Waals surface area (Å²) >= 11 is 0. The lowest BCUT2D eigenvalue weighted by molar-refractivity contribution is -0.149. The molecule has 0 spiro atoms. The molecule has 23 heavy (non-hydrogen) atoms. The second-order valence-corrected chi connectivity index (χ2v) is 6.44. The van der Waals surface area contributed by atoms with Crippen molar-refractivity contribution in [3.8, 4) is 0 Å². The summed E-state index contributed by atoms with van der Waals surface area (Å²) in [7, 11) is 0. The molecule has 0 aliphatic heterocycles. The molecule has 2 aliphatic rings. The molecule has 2 saturated carbocycles. The summed E-state index contributed by atoms with van der Waals surface area (Å²) in [5, 5.41) is 21.1. The Morgan fingerprint density at radius 1 is 1.00 bits per heavy atom. The highest BCUT2D eigenvalue weighted by Gasteiger charge is 2.53. The van der Waals surface area contributed by atoms with E-state index in [0.717, 1.165) is 24.8 Å². The number of aromatic carboxylic acids is 1. The maximum Gasteiger partial charge on any atom is 0.335 e. The first-order valence-electron chi connectivity index (χ1n) is 7.80. The van der Waals surface area contributed by atoms with E-state index in [4.69, 9.17) is 5.11 Å². The van der Waals surface area contributed by atoms with Crippen molar-refractivity contribution in [1.29, 1.82) is 0 Å². The van der Waals surface area contributed by atoms with Gasteiger partial charge in [-0.25, -0.2) is 4.79 Å². The van der Waals surface area contributed by atoms with Gasteiger partial charge in [0.15, 0.2) is 0 Å². The quantitative estimate of drug-likeness (QED) is 0.767. The average molecular weight is 317 g/mol. The Labute approximate surface area is 133 Å². The second-order valence-electron chi connectivity index (χ2n) is 6.44. The zero-order valence-corrected chi connectivity index (χ0v) is 12.6. The summed E-state index contributed by atoms with van der Waals surface area (Å²) in [5.74, 6) is -2.77. The Hall–Kier alpha value is -2.37. The largest absolute Gasteiger partial charge is 0.481 e. The van der Waals surface area contributed by atoms with E-state index in [1.807, 2.05) is 0 Å². The number of hydrogen-bond donors (Lipinski definition) is 3. The molecular weight excluding hydrogens is 298 g/mol. The standard InChI is InChI=1S/C17H19NO5/c19-15(13-11-5-6-12(7-11)14(13)17(22)23)18-8-9-1-3-10(4-2-9)16(20)21/h1-4,11-14H,5-8H2,(H,18,19)(H,20,21)(H,22,23). The molecule has 6 nitrogen and oxygen atoms in total. The van der Waals surface area contributed by atoms with E-state index in [0.29, 0.717) is 0 Å². The summed E-state index contributed by atoms with van der Waals surface area (Å²) in [5.41, 5.74) is 0.984. The highest BCUT2D eigenvalue weighted by Crippen LogP contribution is 2.52. The van der Waals surface area contributed by atoms with Gasteiger partial charge in [-0.1, -0.05) is 12.1 Å². The Morgan fingerprint density at radius 3 is 2.17 bits per heavy atom. The lowest BCUT2D eigenvalue weighted by Gasteiger charge is -2.27. The Kier molecular flexibility index (Phi) is 4.07. The number of carbonyl (C=O) groups is 3. The molecule has 0 radical (unpaired) electrons. The first-order valence-corrected chi connectivity index (χ1v) is 7.80. The van der Waals surface area contributed by atoms with E-state index in [1.165, 1.54) is 12.1 Å². The summed E-state index contributed by atoms with van der Waals surface area (Å²) < 4.78 is 0. The molecule has 122 valence electrons. The predicted octanol–water partition coefficient (Wildman–Crippen LogP) is 1.75. The van der Waals surface area contributed by atoms with E-state index in [1.54, 1.807) is 12.1 Å². The van der Waals surface area contributed by atoms with Gasteiger partial charge in [0.05, 0.1) is 17.4 Å². The summed E-state index contributed by atoms with van der Waals surface area (Å²) in [6.07, 6.45) is 2.67. The minimum Gasteiger partial charge on any atom is -0.481 e. The van der Waals surface area contributed by atoms with E-state index in [9.17, 15) is 19.5 Å². The molecule has 0 saturated heterocycles. The van der Waals surface area contributed by atoms with Crippen molar-refractivity contribution in [2.24, 2.45) is 23.7 Å². The maximum absolute atomic E-state index is 12.4. The van der Waals surface area contributed by atoms with Crippen molar-refractivity contribution in [2.45, 2.75) is 25.8 Å². The molecule has 0 heterocycles. The third-order valence-corrected chi connectivity index (χ3v) is 5.17. The lowest BCUT2D eigenvalue weighted by atomic mass is 9.78. The number of fused-ring (bicyclic) bond motifs is 2. The third-order valence-electron chi connectivity index (χ3n) is 5.17. The van der Waals surface area contributed by atoms with Gasteiger partial charge >= 0.3 is 11.9 Å². The maximum atomic E-state index is 12.4. The van der Waals surface area contributed by atoms with Crippen LogP contribution in [-0.4, -0.2) is 28.1 Å². The van der Waals surface area contributed by atoms with Crippen LogP contribution in [0.15, 0.2) is 24.3 Å². The smallest absolute Gasteiger partial charge is 0.335 e. The molecule has 3 N–H and O–H groups in total. The normalized spacial score (nSPS) is 28.5. The van der Waals surface area contributed by atoms with Crippen LogP contribution in [0.5, 0.6) is 0 Å². The van der Waals surface area contributed by atoms with Gasteiger partial charge in [0.2, 0.25) is 5.91 Å². The first kappa shape index (κ1) is 15.5. The highest BCUT2D eigenvalue weighted by atomic mass is 16.4. The third kappa shape index (κ3) is 2.93. The van der Waals surface area contributed by atoms with Gasteiger partial charge in [0, 0.05) is 6.54 Å². The fraction of sp³-hybridized carbons (Fsp3) is 0.471. The Bertz CT molecular complexity index is 639. The number of nitrogens with one attached hydrogen (secondary N) is 1. The summed E-state index contributed by atoms with van der Waals surface area (Å²) in [6.45, 7) is 0.277. The summed E-state index contributed by atoms with van der Waals surface area (Å²) in [6, 6.07) is 6.28. The van der Waals surface area contributed by atoms with Crippen LogP contribution in [0, 0.1) is 23.7 Å². The molecule has 4 unspecified atom stereocenters. The van der Waals surface area contributed by atoms with Crippen LogP contribution < -0.4 is 5.32 Å². The number of hydrogen-bond acceptors (Lipinski definition) is 3. The van der Waals surface area contributed by atoms with Gasteiger partial charge in [0.25, 0.3) is 0 Å². The minimum absolute atomic E-state index is 0.128. The van der Waals surface area contributed by atoms with E-state index < -0.39 is 23.8 Å². The highest BCUT2D eigenvalue weighted by molar-refractivity contribution is 5.88. The molecule has 6 heteroatoms. The van der Waals surface area contributed by atoms with Gasteiger partial charge in [-0.05, 0) is 48.8 Å². The number of carbonyl (C=O) groups excluding carboxylic acids is 1. The van der Waals surface area contributed by atoms with Crippen LogP contribution in [0.2, 0.25) is 0 Å². The van der Waals surface area contributed by atoms with Crippen molar-refractivity contribution in [2.75, 3.05) is 0 Å². The van der Waals surface area contributed by atoms with E-state index >= 15 is 0 Å². The topological polar surface area (TPSA) is 104 Å². The number of aliphatic carboxylic acids is 1. The molecule has 1 aromatic rings. The number of rotatable bonds is 5. The predicted molar refractivity (Wildman–Crippen MR) is 80.7 cm³/mol. The molecule has 1 aromatic carbocycles. The van der Waals surface area contributed by atoms with Gasteiger partial charge < -0.3 is 15.5 Å². The fourth-order valence-corrected chi connectivity index (χ4v) is 4.10. The molecule has 2 fully saturated rings. The number of amides is 1. The van der Waals surface area contributed by atoms with Crippen LogP contribution in [-0.2, 0) is 16.1 Å². The van der Waals surface area contributed by atoms with E-state index in [-0.39, 0.29) is 29.9 Å². The zero-order valence-electron chi connectivity index (χ0n) is 12.6. The van der Waals surface area contributed by atoms with Crippen LogP contribution in [0.1, 0.15) is 35.2 Å². The molecule has 4 atom stereocenters. The van der Waals surface area contributed by atoms with Crippen molar-refractivity contribution in [3.63, 3.8) is 0 Å². The van der Waals surface area contributed by atoms with Crippen molar-refractivity contribution >= 4 is 17.8 Å². The molecule has 2 aliphatic carbocycles. The minimum atomic E-state index is -0.994. The van der Waals surface area contributed by atoms with Gasteiger partial charge in [-0.3, -0.25) is 9.59 Å². The Balaban J connectivity index is 1.63. The van der Waals surface area contributed by atoms with Crippen LogP contribution in [0.3, 0.4) is 0 Å². The molecule has 3 rings (SSSR count). The number of benzene rings is 1. The zero-order chi connectivity index (χ0) is 16.6. The van der Waals surface area contributed by atoms with Crippen LogP contribution >= 0.6 is 0 Å². The number of carboxylic acids is 2. The van der Waals surface area contributed by atoms with Crippen LogP contribution in [0.4, 0.5) is 0 Å². The van der Waals surface area contributed by atoms with Crippen molar-refractivity contribution in [3.05, 3.63) is 35.4 Å². The lowest BCUT2D eigenvalue weighted by Crippen LogP contribution is -2.41. The molecule has 0 aromatic heterocycles. The monoisotopic (exact) mass is 317 g/mol. The number of carboxylic acid groups (broad SMARTS) is 2. The molecular formula is C17H19NO5. The van der Waals surface area contributed by atoms with Crippen LogP contribution in [0.25, 0.3) is 0 Å². The van der Waals surface area contributed by atoms with E-state index in [2.05, 4.69) is 5.32 Å². The van der Waals surface area contributed by atoms with Gasteiger partial charge in [-0.15, -0.1) is 0 Å². The van der Waals surface area contributed by atoms with Gasteiger partial charge in [-0.2, -0.15) is 0 Å². The molecule has 1 amide bonds. The second kappa shape index (κ2) is 6.02. The SMILES string of the molecule is O=C(O)c1ccc(CNC(=O)C2C3CCC(C3)C2C(=O)O)cc1. The Morgan fingerprint density at radius 2 is 1.61 bits per heavy atom. The van der Waals surface area contributed by atoms with Crippen molar-refractivity contribution in [1.82, 2.24) is 5.32 Å². The fourth-order valence-electron chi connectivity index (χ4n) is 4.10. The van der Waals surface area contributed by atoms with Gasteiger partial charge in [0.1, 0.15) is 0 Å². The first-order chi connectivity index (χ1) is 11.0. The van der Waals surface area contributed by atoms with Crippen molar-refractivity contribution < 1.29 is 24.6 Å². The molecule has 2 bridgehead atoms. The average Bonchev–Trinajstić information content (AvgIpc) is 3.13. The summed E-state index contributed by atoms with van der Waals surface area (Å²) in [4.78, 5) is 34.7.